The van der Waals surface area contributed by atoms with Crippen LogP contribution in [0.15, 0.2) is 18.2 Å². The quantitative estimate of drug-likeness (QED) is 0.0482. The number of hydrogen-bond acceptors (Lipinski definition) is 18. The number of aliphatic carboxylic acids is 2. The van der Waals surface area contributed by atoms with Gasteiger partial charge >= 0.3 is 11.9 Å². The van der Waals surface area contributed by atoms with E-state index in [1.807, 2.05) is 0 Å². The Balaban J connectivity index is 0.0000157. The van der Waals surface area contributed by atoms with Crippen LogP contribution in [0.2, 0.25) is 0 Å². The van der Waals surface area contributed by atoms with Crippen LogP contribution in [-0.2, 0) is 54.1 Å². The van der Waals surface area contributed by atoms with E-state index in [1.165, 1.54) is 0 Å². The monoisotopic (exact) mass is 848 g/mol. The molecule has 22 nitrogen and oxygen atoms in total. The smallest absolute Gasteiger partial charge is 0.320 e. The summed E-state index contributed by atoms with van der Waals surface area (Å²) >= 11 is 0. The van der Waals surface area contributed by atoms with Crippen molar-refractivity contribution < 1.29 is 102 Å². The van der Waals surface area contributed by atoms with Crippen molar-refractivity contribution in [3.8, 4) is 0 Å². The van der Waals surface area contributed by atoms with Crippen LogP contribution < -0.4 is 10.6 Å². The summed E-state index contributed by atoms with van der Waals surface area (Å²) in [6, 6.07) is 2.56. The molecule has 0 spiro atoms. The van der Waals surface area contributed by atoms with Crippen molar-refractivity contribution in [2.75, 3.05) is 52.6 Å². The first kappa shape index (κ1) is 51.0. The third-order valence-corrected chi connectivity index (χ3v) is 9.05. The summed E-state index contributed by atoms with van der Waals surface area (Å²) in [7, 11) is 0. The van der Waals surface area contributed by atoms with E-state index in [9.17, 15) is 70.2 Å². The molecule has 1 aliphatic heterocycles. The summed E-state index contributed by atoms with van der Waals surface area (Å²) in [6.07, 6.45) is -15.4. The minimum absolute atomic E-state index is 0. The largest absolute Gasteiger partial charge is 0.480 e. The van der Waals surface area contributed by atoms with Crippen molar-refractivity contribution in [2.24, 2.45) is 0 Å². The summed E-state index contributed by atoms with van der Waals surface area (Å²) in [5.41, 5.74) is 0.858. The van der Waals surface area contributed by atoms with Crippen molar-refractivity contribution in [3.05, 3.63) is 29.6 Å². The minimum atomic E-state index is -1.89. The Bertz CT molecular complexity index is 1260. The third-order valence-electron chi connectivity index (χ3n) is 9.05. The Morgan fingerprint density at radius 3 is 1.34 bits per heavy atom. The number of carbonyl (C=O) groups is 4. The zero-order valence-corrected chi connectivity index (χ0v) is 31.7. The number of carboxylic acids is 2. The average Bonchev–Trinajstić information content (AvgIpc) is 3.16. The average molecular weight is 849 g/mol. The molecule has 1 radical (unpaired) electrons. The van der Waals surface area contributed by atoms with E-state index in [1.54, 1.807) is 28.0 Å². The topological polar surface area (TPSA) is 364 Å². The number of aromatic nitrogens is 1. The number of fused-ring (bicyclic) bond motifs is 2. The first-order valence-corrected chi connectivity index (χ1v) is 17.7. The molecule has 23 heteroatoms. The van der Waals surface area contributed by atoms with Crippen LogP contribution in [0.25, 0.3) is 0 Å². The molecule has 0 aliphatic carbocycles. The number of ether oxygens (including phenoxy) is 1. The molecule has 0 aromatic carbocycles. The Morgan fingerprint density at radius 2 is 1.00 bits per heavy atom. The molecule has 0 unspecified atom stereocenters. The van der Waals surface area contributed by atoms with Crippen LogP contribution in [0.1, 0.15) is 37.1 Å². The summed E-state index contributed by atoms with van der Waals surface area (Å²) < 4.78 is 5.75. The molecular formula is C33H55MnN5O17. The summed E-state index contributed by atoms with van der Waals surface area (Å²) in [5, 5.41) is 121. The fraction of sp³-hybridized carbons (Fsp3) is 0.727. The molecule has 0 saturated carbocycles. The zero-order chi connectivity index (χ0) is 41.2. The van der Waals surface area contributed by atoms with E-state index in [0.717, 1.165) is 0 Å². The van der Waals surface area contributed by atoms with Crippen LogP contribution >= 0.6 is 0 Å². The molecule has 10 atom stereocenters. The van der Waals surface area contributed by atoms with Gasteiger partial charge in [0.15, 0.2) is 0 Å². The molecule has 0 fully saturated rings. The molecule has 2 bridgehead atoms. The Kier molecular flexibility index (Phi) is 23.8. The molecule has 1 aliphatic rings. The number of carboxylic acid groups (broad SMARTS) is 2. The number of carbonyl (C=O) groups excluding carboxylic acids is 2. The number of aliphatic hydroxyl groups is 10. The molecular weight excluding hydrogens is 793 g/mol. The fourth-order valence-corrected chi connectivity index (χ4v) is 5.72. The van der Waals surface area contributed by atoms with Crippen LogP contribution in [-0.4, -0.2) is 213 Å². The van der Waals surface area contributed by atoms with Gasteiger partial charge in [0.1, 0.15) is 48.7 Å². The third kappa shape index (κ3) is 16.9. The Morgan fingerprint density at radius 1 is 0.643 bits per heavy atom. The van der Waals surface area contributed by atoms with E-state index >= 15 is 0 Å². The molecule has 0 saturated heterocycles. The number of hydrogen-bond donors (Lipinski definition) is 14. The Labute approximate surface area is 332 Å². The van der Waals surface area contributed by atoms with Gasteiger partial charge in [0.05, 0.1) is 50.0 Å². The standard InChI is InChI=1S/C33H55N5O17.Mn/c39-16-24(43)30(49)28(47)22(41)12-34-26(45)6-4-20(32(51)52)37-8-10-55-11-9-38(15-19-3-1-2-18(14-37)36-19)21(33(53)54)5-7-27(46)35-13-23(42)29(48)31(50)25(44)17-40;/h1-3,20-25,28-31,39-44,47-50H,4-17H2,(H,34,45)(H,35,46)(H,51,52)(H,53,54);/t20-,21+,22-,23-,24+,25+,28+,29+,30+,31+;/m0./s1. The molecule has 1 aromatic heterocycles. The van der Waals surface area contributed by atoms with Gasteiger partial charge in [-0.2, -0.15) is 0 Å². The summed E-state index contributed by atoms with van der Waals surface area (Å²) in [6.45, 7) is -2.65. The second-order valence-corrected chi connectivity index (χ2v) is 13.2. The summed E-state index contributed by atoms with van der Waals surface area (Å²) in [5.74, 6) is -3.82. The minimum Gasteiger partial charge on any atom is -0.480 e. The normalized spacial score (nSPS) is 19.8. The number of nitrogens with one attached hydrogen (secondary N) is 2. The first-order chi connectivity index (χ1) is 26.0. The van der Waals surface area contributed by atoms with Crippen LogP contribution in [0.4, 0.5) is 0 Å². The van der Waals surface area contributed by atoms with Gasteiger partial charge in [-0.3, -0.25) is 34.0 Å². The van der Waals surface area contributed by atoms with Gasteiger partial charge in [0.25, 0.3) is 0 Å². The maximum atomic E-state index is 12.5. The number of aliphatic hydroxyl groups excluding tert-OH is 10. The molecule has 2 heterocycles. The van der Waals surface area contributed by atoms with Crippen molar-refractivity contribution in [3.63, 3.8) is 0 Å². The molecule has 2 rings (SSSR count). The van der Waals surface area contributed by atoms with Crippen LogP contribution in [0.3, 0.4) is 0 Å². The number of nitrogens with zero attached hydrogens (tertiary/aromatic N) is 3. The van der Waals surface area contributed by atoms with Gasteiger partial charge in [0, 0.05) is 69.2 Å². The molecule has 56 heavy (non-hydrogen) atoms. The van der Waals surface area contributed by atoms with Crippen LogP contribution in [0.5, 0.6) is 0 Å². The molecule has 14 N–H and O–H groups in total. The van der Waals surface area contributed by atoms with Gasteiger partial charge in [-0.05, 0) is 25.0 Å². The Hall–Kier alpha value is -2.97. The van der Waals surface area contributed by atoms with Crippen molar-refractivity contribution >= 4 is 23.8 Å². The zero-order valence-electron chi connectivity index (χ0n) is 30.5. The first-order valence-electron chi connectivity index (χ1n) is 17.7. The van der Waals surface area contributed by atoms with E-state index in [4.69, 9.17) is 14.9 Å². The predicted molar refractivity (Wildman–Crippen MR) is 185 cm³/mol. The SMILES string of the molecule is O=C(CC[C@H](C(=O)O)N1CCOCCN([C@@H](CCC(=O)NC[C@H](O)[C@@H](O)[C@H](O)[C@H](O)CO)C(=O)O)Cc2cccc(n2)C1)NC[C@H](O)[C@@H](O)[C@H](O)[C@H](O)CO.[Mn]. The maximum absolute atomic E-state index is 12.5. The van der Waals surface area contributed by atoms with Crippen molar-refractivity contribution in [1.29, 1.82) is 0 Å². The van der Waals surface area contributed by atoms with Gasteiger partial charge < -0.3 is 76.6 Å². The van der Waals surface area contributed by atoms with Gasteiger partial charge in [0.2, 0.25) is 11.8 Å². The van der Waals surface area contributed by atoms with E-state index in [-0.39, 0.29) is 82.1 Å². The van der Waals surface area contributed by atoms with E-state index < -0.39 is 111 Å². The van der Waals surface area contributed by atoms with Gasteiger partial charge in [-0.1, -0.05) is 6.07 Å². The molecule has 321 valence electrons. The predicted octanol–water partition coefficient (Wildman–Crippen LogP) is -6.72. The molecule has 1 aromatic rings. The summed E-state index contributed by atoms with van der Waals surface area (Å²) in [4.78, 5) is 57.5. The van der Waals surface area contributed by atoms with Gasteiger partial charge in [-0.15, -0.1) is 0 Å². The van der Waals surface area contributed by atoms with E-state index in [2.05, 4.69) is 15.6 Å². The fourth-order valence-electron chi connectivity index (χ4n) is 5.72. The van der Waals surface area contributed by atoms with E-state index in [0.29, 0.717) is 11.4 Å². The maximum Gasteiger partial charge on any atom is 0.320 e. The van der Waals surface area contributed by atoms with Crippen LogP contribution in [0, 0.1) is 0 Å². The van der Waals surface area contributed by atoms with Crippen molar-refractivity contribution in [1.82, 2.24) is 25.4 Å². The number of rotatable bonds is 22. The molecule has 2 amide bonds. The van der Waals surface area contributed by atoms with Gasteiger partial charge in [-0.25, -0.2) is 0 Å². The van der Waals surface area contributed by atoms with Crippen molar-refractivity contribution in [2.45, 2.75) is 99.7 Å². The number of pyridine rings is 1. The number of amides is 2. The second kappa shape index (κ2) is 26.1. The second-order valence-electron chi connectivity index (χ2n) is 13.2.